The van der Waals surface area contributed by atoms with Crippen LogP contribution in [0.25, 0.3) is 11.1 Å². The van der Waals surface area contributed by atoms with Crippen molar-refractivity contribution in [3.8, 4) is 16.9 Å². The molecule has 0 unspecified atom stereocenters. The molecule has 0 saturated heterocycles. The maximum Gasteiger partial charge on any atom is 0.339 e. The molecule has 0 bridgehead atoms. The summed E-state index contributed by atoms with van der Waals surface area (Å²) in [6, 6.07) is 7.65. The third kappa shape index (κ3) is 3.65. The maximum atomic E-state index is 14.2. The van der Waals surface area contributed by atoms with Crippen LogP contribution in [0.15, 0.2) is 40.2 Å². The SMILES string of the molecule is COc1c(F)cc(Nc2scc(-c3ccc(Br)cc3)c2C(=O)O)c(F)c1F. The molecular formula is C18H11BrF3NO3S. The van der Waals surface area contributed by atoms with Crippen LogP contribution in [0.1, 0.15) is 10.4 Å². The number of hydrogen-bond acceptors (Lipinski definition) is 4. The van der Waals surface area contributed by atoms with Gasteiger partial charge in [-0.2, -0.15) is 4.39 Å². The van der Waals surface area contributed by atoms with Crippen molar-refractivity contribution in [1.29, 1.82) is 0 Å². The number of nitrogens with one attached hydrogen (secondary N) is 1. The Morgan fingerprint density at radius 2 is 1.85 bits per heavy atom. The van der Waals surface area contributed by atoms with Gasteiger partial charge < -0.3 is 15.2 Å². The van der Waals surface area contributed by atoms with E-state index in [4.69, 9.17) is 0 Å². The lowest BCUT2D eigenvalue weighted by Crippen LogP contribution is -2.05. The molecule has 1 heterocycles. The van der Waals surface area contributed by atoms with Crippen molar-refractivity contribution in [3.63, 3.8) is 0 Å². The smallest absolute Gasteiger partial charge is 0.339 e. The van der Waals surface area contributed by atoms with Crippen LogP contribution in [-0.4, -0.2) is 18.2 Å². The lowest BCUT2D eigenvalue weighted by atomic mass is 10.0. The number of benzene rings is 2. The summed E-state index contributed by atoms with van der Waals surface area (Å²) >= 11 is 4.28. The van der Waals surface area contributed by atoms with Crippen molar-refractivity contribution in [3.05, 3.63) is 63.2 Å². The molecule has 0 aliphatic rings. The van der Waals surface area contributed by atoms with Crippen LogP contribution in [0, 0.1) is 17.5 Å². The van der Waals surface area contributed by atoms with E-state index < -0.39 is 34.9 Å². The largest absolute Gasteiger partial charge is 0.491 e. The molecule has 0 spiro atoms. The third-order valence-electron chi connectivity index (χ3n) is 3.73. The van der Waals surface area contributed by atoms with Crippen LogP contribution in [0.3, 0.4) is 0 Å². The zero-order valence-electron chi connectivity index (χ0n) is 13.6. The molecule has 1 aromatic heterocycles. The Morgan fingerprint density at radius 1 is 1.19 bits per heavy atom. The molecule has 2 aromatic carbocycles. The lowest BCUT2D eigenvalue weighted by molar-refractivity contribution is 0.0699. The third-order valence-corrected chi connectivity index (χ3v) is 5.15. The first kappa shape index (κ1) is 19.2. The summed E-state index contributed by atoms with van der Waals surface area (Å²) < 4.78 is 47.3. The van der Waals surface area contributed by atoms with E-state index in [0.29, 0.717) is 17.2 Å². The fourth-order valence-electron chi connectivity index (χ4n) is 2.48. The molecule has 2 N–H and O–H groups in total. The first-order valence-electron chi connectivity index (χ1n) is 7.42. The second-order valence-electron chi connectivity index (χ2n) is 5.36. The number of methoxy groups -OCH3 is 1. The molecule has 0 aliphatic heterocycles. The highest BCUT2D eigenvalue weighted by Gasteiger charge is 2.24. The van der Waals surface area contributed by atoms with Crippen LogP contribution in [-0.2, 0) is 0 Å². The molecule has 0 amide bonds. The number of thiophene rings is 1. The molecule has 0 aliphatic carbocycles. The summed E-state index contributed by atoms with van der Waals surface area (Å²) in [5, 5.41) is 13.7. The van der Waals surface area contributed by atoms with Crippen molar-refractivity contribution in [2.75, 3.05) is 12.4 Å². The van der Waals surface area contributed by atoms with E-state index in [9.17, 15) is 23.1 Å². The summed E-state index contributed by atoms with van der Waals surface area (Å²) in [4.78, 5) is 11.7. The first-order valence-corrected chi connectivity index (χ1v) is 9.10. The number of aromatic carboxylic acids is 1. The standard InChI is InChI=1S/C18H11BrF3NO3S/c1-26-16-11(20)6-12(14(21)15(16)22)23-17-13(18(24)25)10(7-27-17)8-2-4-9(19)5-3-8/h2-7,23H,1H3,(H,24,25). The van der Waals surface area contributed by atoms with Crippen molar-refractivity contribution in [2.24, 2.45) is 0 Å². The van der Waals surface area contributed by atoms with Gasteiger partial charge in [0.25, 0.3) is 0 Å². The number of carboxylic acid groups (broad SMARTS) is 1. The number of carbonyl (C=O) groups is 1. The first-order chi connectivity index (χ1) is 12.8. The van der Waals surface area contributed by atoms with Gasteiger partial charge in [-0.25, -0.2) is 13.6 Å². The molecule has 4 nitrogen and oxygen atoms in total. The van der Waals surface area contributed by atoms with E-state index in [1.165, 1.54) is 0 Å². The molecule has 0 atom stereocenters. The number of anilines is 2. The summed E-state index contributed by atoms with van der Waals surface area (Å²) in [7, 11) is 1.01. The lowest BCUT2D eigenvalue weighted by Gasteiger charge is -2.11. The fourth-order valence-corrected chi connectivity index (χ4v) is 3.72. The van der Waals surface area contributed by atoms with Crippen molar-refractivity contribution < 1.29 is 27.8 Å². The molecule has 140 valence electrons. The van der Waals surface area contributed by atoms with E-state index in [0.717, 1.165) is 22.9 Å². The van der Waals surface area contributed by atoms with Gasteiger partial charge in [0, 0.05) is 21.5 Å². The Hall–Kier alpha value is -2.52. The highest BCUT2D eigenvalue weighted by molar-refractivity contribution is 9.10. The van der Waals surface area contributed by atoms with Gasteiger partial charge in [0.15, 0.2) is 17.4 Å². The maximum absolute atomic E-state index is 14.2. The second-order valence-corrected chi connectivity index (χ2v) is 7.15. The summed E-state index contributed by atoms with van der Waals surface area (Å²) in [5.41, 5.74) is 0.376. The van der Waals surface area contributed by atoms with Crippen LogP contribution in [0.4, 0.5) is 23.9 Å². The molecular weight excluding hydrogens is 447 g/mol. The second kappa shape index (κ2) is 7.61. The van der Waals surface area contributed by atoms with Gasteiger partial charge in [-0.05, 0) is 17.7 Å². The topological polar surface area (TPSA) is 58.6 Å². The molecule has 3 aromatic rings. The molecule has 9 heteroatoms. The van der Waals surface area contributed by atoms with Gasteiger partial charge in [-0.15, -0.1) is 11.3 Å². The van der Waals surface area contributed by atoms with E-state index in [1.54, 1.807) is 29.6 Å². The summed E-state index contributed by atoms with van der Waals surface area (Å²) in [5.74, 6) is -6.09. The molecule has 0 saturated carbocycles. The van der Waals surface area contributed by atoms with Crippen molar-refractivity contribution >= 4 is 43.9 Å². The highest BCUT2D eigenvalue weighted by Crippen LogP contribution is 2.39. The summed E-state index contributed by atoms with van der Waals surface area (Å²) in [6.45, 7) is 0. The summed E-state index contributed by atoms with van der Waals surface area (Å²) in [6.07, 6.45) is 0. The Kier molecular flexibility index (Phi) is 5.43. The minimum absolute atomic E-state index is 0.0447. The highest BCUT2D eigenvalue weighted by atomic mass is 79.9. The Bertz CT molecular complexity index is 1020. The molecule has 27 heavy (non-hydrogen) atoms. The number of carboxylic acids is 1. The Balaban J connectivity index is 2.07. The number of ether oxygens (including phenoxy) is 1. The van der Waals surface area contributed by atoms with Crippen LogP contribution < -0.4 is 10.1 Å². The van der Waals surface area contributed by atoms with E-state index in [-0.39, 0.29) is 10.6 Å². The van der Waals surface area contributed by atoms with E-state index in [1.807, 2.05) is 0 Å². The number of halogens is 4. The van der Waals surface area contributed by atoms with Crippen molar-refractivity contribution in [2.45, 2.75) is 0 Å². The van der Waals surface area contributed by atoms with Crippen LogP contribution in [0.5, 0.6) is 5.75 Å². The minimum Gasteiger partial charge on any atom is -0.491 e. The van der Waals surface area contributed by atoms with Crippen LogP contribution >= 0.6 is 27.3 Å². The Labute approximate surface area is 164 Å². The zero-order valence-corrected chi connectivity index (χ0v) is 16.1. The van der Waals surface area contributed by atoms with Crippen LogP contribution in [0.2, 0.25) is 0 Å². The predicted octanol–water partition coefficient (Wildman–Crippen LogP) is 6.05. The van der Waals surface area contributed by atoms with E-state index in [2.05, 4.69) is 26.0 Å². The quantitative estimate of drug-likeness (QED) is 0.458. The van der Waals surface area contributed by atoms with Gasteiger partial charge in [-0.3, -0.25) is 0 Å². The van der Waals surface area contributed by atoms with Gasteiger partial charge >= 0.3 is 5.97 Å². The minimum atomic E-state index is -1.50. The average molecular weight is 458 g/mol. The Morgan fingerprint density at radius 3 is 2.44 bits per heavy atom. The normalized spacial score (nSPS) is 10.7. The fraction of sp³-hybridized carbons (Fsp3) is 0.0556. The number of rotatable bonds is 5. The van der Waals surface area contributed by atoms with Gasteiger partial charge in [0.05, 0.1) is 12.8 Å². The van der Waals surface area contributed by atoms with Gasteiger partial charge in [0.2, 0.25) is 5.82 Å². The predicted molar refractivity (Wildman–Crippen MR) is 101 cm³/mol. The molecule has 0 radical (unpaired) electrons. The molecule has 0 fully saturated rings. The van der Waals surface area contributed by atoms with Gasteiger partial charge in [-0.1, -0.05) is 28.1 Å². The van der Waals surface area contributed by atoms with E-state index >= 15 is 0 Å². The van der Waals surface area contributed by atoms with Crippen molar-refractivity contribution in [1.82, 2.24) is 0 Å². The monoisotopic (exact) mass is 457 g/mol. The number of hydrogen-bond donors (Lipinski definition) is 2. The average Bonchev–Trinajstić information content (AvgIpc) is 3.04. The van der Waals surface area contributed by atoms with Gasteiger partial charge in [0.1, 0.15) is 10.6 Å². The zero-order chi connectivity index (χ0) is 19.7. The molecule has 3 rings (SSSR count).